The number of fused-ring (bicyclic) bond motifs is 1. The lowest BCUT2D eigenvalue weighted by Gasteiger charge is -2.33. The molecule has 94 valence electrons. The van der Waals surface area contributed by atoms with Gasteiger partial charge in [0.2, 0.25) is 0 Å². The van der Waals surface area contributed by atoms with Crippen molar-refractivity contribution in [2.24, 2.45) is 0 Å². The van der Waals surface area contributed by atoms with Crippen molar-refractivity contribution in [1.82, 2.24) is 0 Å². The maximum absolute atomic E-state index is 5.74. The van der Waals surface area contributed by atoms with Crippen LogP contribution in [-0.4, -0.2) is 19.0 Å². The van der Waals surface area contributed by atoms with Crippen molar-refractivity contribution in [3.05, 3.63) is 29.3 Å². The Morgan fingerprint density at radius 3 is 2.59 bits per heavy atom. The fraction of sp³-hybridized carbons (Fsp3) is 0.571. The van der Waals surface area contributed by atoms with Crippen molar-refractivity contribution in [3.8, 4) is 0 Å². The van der Waals surface area contributed by atoms with Gasteiger partial charge in [0.15, 0.2) is 5.79 Å². The molecule has 1 heterocycles. The molecule has 3 heteroatoms. The van der Waals surface area contributed by atoms with Crippen molar-refractivity contribution < 1.29 is 9.47 Å². The van der Waals surface area contributed by atoms with Crippen LogP contribution in [0.1, 0.15) is 31.4 Å². The lowest BCUT2D eigenvalue weighted by atomic mass is 9.87. The summed E-state index contributed by atoms with van der Waals surface area (Å²) in [6, 6.07) is 6.28. The third-order valence-corrected chi connectivity index (χ3v) is 3.70. The topological polar surface area (TPSA) is 18.5 Å². The summed E-state index contributed by atoms with van der Waals surface area (Å²) in [5, 5.41) is 0. The first-order valence-corrected chi connectivity index (χ1v) is 6.81. The number of hydrogen-bond acceptors (Lipinski definition) is 3. The summed E-state index contributed by atoms with van der Waals surface area (Å²) in [5.41, 5.74) is 2.70. The molecular formula is C14H20O2S. The number of thiol groups is 1. The van der Waals surface area contributed by atoms with Gasteiger partial charge in [-0.3, -0.25) is 0 Å². The summed E-state index contributed by atoms with van der Waals surface area (Å²) >= 11 is 4.50. The van der Waals surface area contributed by atoms with Crippen LogP contribution in [0.5, 0.6) is 0 Å². The summed E-state index contributed by atoms with van der Waals surface area (Å²) < 4.78 is 11.5. The quantitative estimate of drug-likeness (QED) is 0.715. The second-order valence-electron chi connectivity index (χ2n) is 4.20. The van der Waals surface area contributed by atoms with Gasteiger partial charge in [0.25, 0.3) is 0 Å². The minimum Gasteiger partial charge on any atom is -0.347 e. The number of ether oxygens (including phenoxy) is 2. The van der Waals surface area contributed by atoms with Gasteiger partial charge in [-0.1, -0.05) is 26.0 Å². The van der Waals surface area contributed by atoms with Crippen molar-refractivity contribution in [1.29, 1.82) is 0 Å². The summed E-state index contributed by atoms with van der Waals surface area (Å²) in [7, 11) is 0. The van der Waals surface area contributed by atoms with Crippen LogP contribution >= 0.6 is 12.6 Å². The maximum atomic E-state index is 5.74. The van der Waals surface area contributed by atoms with Crippen LogP contribution in [0.4, 0.5) is 0 Å². The molecular weight excluding hydrogens is 232 g/mol. The zero-order valence-electron chi connectivity index (χ0n) is 10.5. The highest BCUT2D eigenvalue weighted by Crippen LogP contribution is 2.37. The first-order chi connectivity index (χ1) is 8.29. The third kappa shape index (κ3) is 2.51. The summed E-state index contributed by atoms with van der Waals surface area (Å²) in [6.45, 7) is 5.45. The highest BCUT2D eigenvalue weighted by atomic mass is 32.1. The van der Waals surface area contributed by atoms with Gasteiger partial charge in [0.05, 0.1) is 13.2 Å². The van der Waals surface area contributed by atoms with Crippen LogP contribution < -0.4 is 0 Å². The molecule has 0 unspecified atom stereocenters. The SMILES string of the molecule is CC.Sc1cccc2c1CC1(CC2)OCCO1. The van der Waals surface area contributed by atoms with Gasteiger partial charge in [-0.25, -0.2) is 0 Å². The highest BCUT2D eigenvalue weighted by Gasteiger charge is 2.40. The van der Waals surface area contributed by atoms with Gasteiger partial charge in [0, 0.05) is 17.7 Å². The number of benzene rings is 1. The first kappa shape index (κ1) is 12.9. The normalized spacial score (nSPS) is 20.6. The van der Waals surface area contributed by atoms with Crippen LogP contribution in [-0.2, 0) is 22.3 Å². The van der Waals surface area contributed by atoms with E-state index < -0.39 is 0 Å². The summed E-state index contributed by atoms with van der Waals surface area (Å²) in [6.07, 6.45) is 2.85. The molecule has 1 spiro atoms. The average Bonchev–Trinajstić information content (AvgIpc) is 2.82. The number of rotatable bonds is 0. The Bertz CT molecular complexity index is 384. The van der Waals surface area contributed by atoms with Gasteiger partial charge in [0.1, 0.15) is 0 Å². The first-order valence-electron chi connectivity index (χ1n) is 6.37. The van der Waals surface area contributed by atoms with Gasteiger partial charge < -0.3 is 9.47 Å². The molecule has 0 aromatic heterocycles. The Labute approximate surface area is 109 Å². The minimum atomic E-state index is -0.341. The second-order valence-corrected chi connectivity index (χ2v) is 4.68. The van der Waals surface area contributed by atoms with Gasteiger partial charge in [-0.05, 0) is 23.6 Å². The molecule has 0 saturated carbocycles. The summed E-state index contributed by atoms with van der Waals surface area (Å²) in [4.78, 5) is 1.06. The molecule has 0 amide bonds. The zero-order chi connectivity index (χ0) is 12.3. The van der Waals surface area contributed by atoms with E-state index in [4.69, 9.17) is 9.47 Å². The van der Waals surface area contributed by atoms with Crippen LogP contribution in [0.2, 0.25) is 0 Å². The molecule has 1 fully saturated rings. The Kier molecular flexibility index (Phi) is 4.13. The van der Waals surface area contributed by atoms with Crippen LogP contribution in [0.15, 0.2) is 23.1 Å². The van der Waals surface area contributed by atoms with E-state index in [1.165, 1.54) is 11.1 Å². The predicted molar refractivity (Wildman–Crippen MR) is 71.7 cm³/mol. The van der Waals surface area contributed by atoms with Crippen molar-refractivity contribution in [2.75, 3.05) is 13.2 Å². The lowest BCUT2D eigenvalue weighted by molar-refractivity contribution is -0.164. The van der Waals surface area contributed by atoms with E-state index in [1.54, 1.807) is 0 Å². The van der Waals surface area contributed by atoms with Gasteiger partial charge in [-0.15, -0.1) is 12.6 Å². The fourth-order valence-electron chi connectivity index (χ4n) is 2.49. The molecule has 0 atom stereocenters. The van der Waals surface area contributed by atoms with E-state index in [9.17, 15) is 0 Å². The molecule has 0 N–H and O–H groups in total. The molecule has 1 aliphatic heterocycles. The molecule has 17 heavy (non-hydrogen) atoms. The van der Waals surface area contributed by atoms with Crippen molar-refractivity contribution >= 4 is 12.6 Å². The van der Waals surface area contributed by atoms with Crippen molar-refractivity contribution in [3.63, 3.8) is 0 Å². The smallest absolute Gasteiger partial charge is 0.172 e. The Morgan fingerprint density at radius 2 is 1.88 bits per heavy atom. The Morgan fingerprint density at radius 1 is 1.18 bits per heavy atom. The average molecular weight is 252 g/mol. The Hall–Kier alpha value is -0.510. The molecule has 0 radical (unpaired) electrons. The maximum Gasteiger partial charge on any atom is 0.172 e. The molecule has 2 nitrogen and oxygen atoms in total. The zero-order valence-corrected chi connectivity index (χ0v) is 11.4. The van der Waals surface area contributed by atoms with Gasteiger partial charge >= 0.3 is 0 Å². The minimum absolute atomic E-state index is 0.341. The molecule has 1 saturated heterocycles. The lowest BCUT2D eigenvalue weighted by Crippen LogP contribution is -2.37. The van der Waals surface area contributed by atoms with Crippen molar-refractivity contribution in [2.45, 2.75) is 43.8 Å². The molecule has 1 aromatic rings. The van der Waals surface area contributed by atoms with E-state index in [-0.39, 0.29) is 5.79 Å². The number of aryl methyl sites for hydroxylation is 1. The van der Waals surface area contributed by atoms with Crippen LogP contribution in [0, 0.1) is 0 Å². The Balaban J connectivity index is 0.000000514. The van der Waals surface area contributed by atoms with E-state index in [0.29, 0.717) is 0 Å². The second kappa shape index (κ2) is 5.42. The summed E-state index contributed by atoms with van der Waals surface area (Å²) in [5.74, 6) is -0.341. The molecule has 1 aliphatic carbocycles. The fourth-order valence-corrected chi connectivity index (χ4v) is 2.79. The molecule has 3 rings (SSSR count). The monoisotopic (exact) mass is 252 g/mol. The largest absolute Gasteiger partial charge is 0.347 e. The van der Waals surface area contributed by atoms with Crippen LogP contribution in [0.25, 0.3) is 0 Å². The van der Waals surface area contributed by atoms with E-state index in [0.717, 1.165) is 37.4 Å². The molecule has 0 bridgehead atoms. The van der Waals surface area contributed by atoms with Crippen LogP contribution in [0.3, 0.4) is 0 Å². The van der Waals surface area contributed by atoms with E-state index in [2.05, 4.69) is 24.8 Å². The molecule has 1 aromatic carbocycles. The van der Waals surface area contributed by atoms with E-state index >= 15 is 0 Å². The highest BCUT2D eigenvalue weighted by molar-refractivity contribution is 7.80. The van der Waals surface area contributed by atoms with Gasteiger partial charge in [-0.2, -0.15) is 0 Å². The standard InChI is InChI=1S/C12H14O2S.C2H6/c15-11-3-1-2-9-4-5-12(8-10(9)11)13-6-7-14-12;1-2/h1-3,15H,4-8H2;1-2H3. The molecule has 2 aliphatic rings. The third-order valence-electron chi connectivity index (χ3n) is 3.28. The predicted octanol–water partition coefficient (Wildman–Crippen LogP) is 3.23. The van der Waals surface area contributed by atoms with E-state index in [1.807, 2.05) is 19.9 Å². The number of hydrogen-bond donors (Lipinski definition) is 1.